The summed E-state index contributed by atoms with van der Waals surface area (Å²) >= 11 is 0. The molecule has 0 aliphatic heterocycles. The standard InChI is InChI=1S/C11H20N2/c1-4-10-7-5-6-8-11(10,9-12)13(2)3/h10H,4-8H2,1-3H3. The fraction of sp³-hybridized carbons (Fsp3) is 0.909. The van der Waals surface area contributed by atoms with E-state index in [1.54, 1.807) is 0 Å². The molecule has 1 rings (SSSR count). The van der Waals surface area contributed by atoms with E-state index in [2.05, 4.69) is 17.9 Å². The molecule has 1 aliphatic rings. The predicted octanol–water partition coefficient (Wildman–Crippen LogP) is 2.41. The summed E-state index contributed by atoms with van der Waals surface area (Å²) in [7, 11) is 4.08. The number of hydrogen-bond acceptors (Lipinski definition) is 2. The van der Waals surface area contributed by atoms with Gasteiger partial charge in [0.2, 0.25) is 0 Å². The number of nitrogens with zero attached hydrogens (tertiary/aromatic N) is 2. The van der Waals surface area contributed by atoms with Crippen molar-refractivity contribution < 1.29 is 0 Å². The van der Waals surface area contributed by atoms with Crippen molar-refractivity contribution in [3.8, 4) is 6.07 Å². The van der Waals surface area contributed by atoms with Crippen LogP contribution in [0.25, 0.3) is 0 Å². The maximum Gasteiger partial charge on any atom is 0.111 e. The van der Waals surface area contributed by atoms with E-state index in [9.17, 15) is 5.26 Å². The van der Waals surface area contributed by atoms with Gasteiger partial charge in [0.1, 0.15) is 5.54 Å². The smallest absolute Gasteiger partial charge is 0.111 e. The van der Waals surface area contributed by atoms with Gasteiger partial charge in [-0.2, -0.15) is 5.26 Å². The molecule has 2 heteroatoms. The van der Waals surface area contributed by atoms with E-state index in [1.165, 1.54) is 19.3 Å². The molecular formula is C11H20N2. The molecule has 1 fully saturated rings. The lowest BCUT2D eigenvalue weighted by molar-refractivity contribution is 0.0865. The Morgan fingerprint density at radius 1 is 1.46 bits per heavy atom. The van der Waals surface area contributed by atoms with Crippen molar-refractivity contribution in [3.63, 3.8) is 0 Å². The second-order valence-electron chi connectivity index (χ2n) is 4.28. The summed E-state index contributed by atoms with van der Waals surface area (Å²) in [6, 6.07) is 2.54. The van der Waals surface area contributed by atoms with Crippen molar-refractivity contribution in [2.24, 2.45) is 5.92 Å². The zero-order valence-electron chi connectivity index (χ0n) is 9.01. The molecule has 13 heavy (non-hydrogen) atoms. The normalized spacial score (nSPS) is 34.5. The summed E-state index contributed by atoms with van der Waals surface area (Å²) in [5, 5.41) is 9.32. The Morgan fingerprint density at radius 2 is 2.15 bits per heavy atom. The molecule has 2 unspecified atom stereocenters. The first-order valence-corrected chi connectivity index (χ1v) is 5.26. The van der Waals surface area contributed by atoms with Crippen LogP contribution in [-0.2, 0) is 0 Å². The van der Waals surface area contributed by atoms with Crippen LogP contribution in [-0.4, -0.2) is 24.5 Å². The number of hydrogen-bond donors (Lipinski definition) is 0. The minimum atomic E-state index is -0.174. The van der Waals surface area contributed by atoms with Crippen LogP contribution in [0.1, 0.15) is 39.0 Å². The van der Waals surface area contributed by atoms with Crippen LogP contribution in [0.5, 0.6) is 0 Å². The van der Waals surface area contributed by atoms with Gasteiger partial charge in [0.05, 0.1) is 6.07 Å². The molecule has 74 valence electrons. The van der Waals surface area contributed by atoms with Crippen LogP contribution in [0.4, 0.5) is 0 Å². The lowest BCUT2D eigenvalue weighted by Gasteiger charge is -2.43. The SMILES string of the molecule is CCC1CCCCC1(C#N)N(C)C. The van der Waals surface area contributed by atoms with Crippen LogP contribution in [0, 0.1) is 17.2 Å². The van der Waals surface area contributed by atoms with E-state index in [-0.39, 0.29) is 5.54 Å². The second kappa shape index (κ2) is 4.11. The second-order valence-corrected chi connectivity index (χ2v) is 4.28. The lowest BCUT2D eigenvalue weighted by atomic mass is 9.71. The van der Waals surface area contributed by atoms with Gasteiger partial charge in [-0.3, -0.25) is 4.90 Å². The molecule has 0 aromatic heterocycles. The van der Waals surface area contributed by atoms with E-state index in [1.807, 2.05) is 14.1 Å². The Kier molecular flexibility index (Phi) is 3.33. The topological polar surface area (TPSA) is 27.0 Å². The maximum absolute atomic E-state index is 9.32. The molecule has 0 radical (unpaired) electrons. The number of rotatable bonds is 2. The van der Waals surface area contributed by atoms with Gasteiger partial charge in [-0.05, 0) is 32.9 Å². The highest BCUT2D eigenvalue weighted by Gasteiger charge is 2.41. The largest absolute Gasteiger partial charge is 0.291 e. The molecule has 0 amide bonds. The van der Waals surface area contributed by atoms with Crippen molar-refractivity contribution in [3.05, 3.63) is 0 Å². The van der Waals surface area contributed by atoms with Gasteiger partial charge < -0.3 is 0 Å². The molecule has 1 saturated carbocycles. The molecule has 0 spiro atoms. The summed E-state index contributed by atoms with van der Waals surface area (Å²) in [6.07, 6.45) is 5.92. The summed E-state index contributed by atoms with van der Waals surface area (Å²) in [5.74, 6) is 0.571. The van der Waals surface area contributed by atoms with Crippen molar-refractivity contribution in [2.75, 3.05) is 14.1 Å². The molecule has 2 nitrogen and oxygen atoms in total. The van der Waals surface area contributed by atoms with Crippen LogP contribution in [0.3, 0.4) is 0 Å². The number of nitriles is 1. The van der Waals surface area contributed by atoms with Crippen molar-refractivity contribution >= 4 is 0 Å². The fourth-order valence-corrected chi connectivity index (χ4v) is 2.61. The van der Waals surface area contributed by atoms with Crippen molar-refractivity contribution in [1.29, 1.82) is 5.26 Å². The van der Waals surface area contributed by atoms with E-state index in [0.717, 1.165) is 12.8 Å². The van der Waals surface area contributed by atoms with Crippen LogP contribution in [0.15, 0.2) is 0 Å². The quantitative estimate of drug-likeness (QED) is 0.652. The van der Waals surface area contributed by atoms with E-state index >= 15 is 0 Å². The minimum absolute atomic E-state index is 0.174. The van der Waals surface area contributed by atoms with Crippen LogP contribution in [0.2, 0.25) is 0 Å². The van der Waals surface area contributed by atoms with Gasteiger partial charge in [0, 0.05) is 0 Å². The average molecular weight is 180 g/mol. The predicted molar refractivity (Wildman–Crippen MR) is 54.3 cm³/mol. The summed E-state index contributed by atoms with van der Waals surface area (Å²) in [6.45, 7) is 2.20. The van der Waals surface area contributed by atoms with Gasteiger partial charge in [-0.1, -0.05) is 26.2 Å². The Morgan fingerprint density at radius 3 is 2.54 bits per heavy atom. The van der Waals surface area contributed by atoms with Gasteiger partial charge in [-0.25, -0.2) is 0 Å². The van der Waals surface area contributed by atoms with Gasteiger partial charge in [0.25, 0.3) is 0 Å². The van der Waals surface area contributed by atoms with Crippen LogP contribution < -0.4 is 0 Å². The third kappa shape index (κ3) is 1.71. The molecular weight excluding hydrogens is 160 g/mol. The van der Waals surface area contributed by atoms with E-state index in [4.69, 9.17) is 0 Å². The van der Waals surface area contributed by atoms with E-state index < -0.39 is 0 Å². The van der Waals surface area contributed by atoms with Gasteiger partial charge >= 0.3 is 0 Å². The van der Waals surface area contributed by atoms with Gasteiger partial charge in [0.15, 0.2) is 0 Å². The highest BCUT2D eigenvalue weighted by Crippen LogP contribution is 2.38. The Hall–Kier alpha value is -0.550. The van der Waals surface area contributed by atoms with E-state index in [0.29, 0.717) is 5.92 Å². The Labute approximate surface area is 81.5 Å². The van der Waals surface area contributed by atoms with Crippen molar-refractivity contribution in [1.82, 2.24) is 4.90 Å². The monoisotopic (exact) mass is 180 g/mol. The molecule has 0 aromatic carbocycles. The van der Waals surface area contributed by atoms with Crippen molar-refractivity contribution in [2.45, 2.75) is 44.6 Å². The third-order valence-electron chi connectivity index (χ3n) is 3.52. The fourth-order valence-electron chi connectivity index (χ4n) is 2.61. The first-order valence-electron chi connectivity index (χ1n) is 5.26. The molecule has 0 saturated heterocycles. The highest BCUT2D eigenvalue weighted by atomic mass is 15.1. The lowest BCUT2D eigenvalue weighted by Crippen LogP contribution is -2.50. The first-order chi connectivity index (χ1) is 6.17. The maximum atomic E-state index is 9.32. The minimum Gasteiger partial charge on any atom is -0.291 e. The first kappa shape index (κ1) is 10.5. The van der Waals surface area contributed by atoms with Crippen LogP contribution >= 0.6 is 0 Å². The molecule has 0 N–H and O–H groups in total. The zero-order valence-corrected chi connectivity index (χ0v) is 9.01. The average Bonchev–Trinajstić information content (AvgIpc) is 2.17. The zero-order chi connectivity index (χ0) is 9.90. The molecule has 0 aromatic rings. The third-order valence-corrected chi connectivity index (χ3v) is 3.52. The summed E-state index contributed by atoms with van der Waals surface area (Å²) in [4.78, 5) is 2.13. The highest BCUT2D eigenvalue weighted by molar-refractivity contribution is 5.12. The molecule has 0 bridgehead atoms. The summed E-state index contributed by atoms with van der Waals surface area (Å²) in [5.41, 5.74) is -0.174. The Balaban J connectivity index is 2.86. The molecule has 1 aliphatic carbocycles. The molecule has 2 atom stereocenters. The van der Waals surface area contributed by atoms with Gasteiger partial charge in [-0.15, -0.1) is 0 Å². The molecule has 0 heterocycles. The Bertz CT molecular complexity index is 205. The summed E-state index contributed by atoms with van der Waals surface area (Å²) < 4.78 is 0.